The van der Waals surface area contributed by atoms with E-state index >= 15 is 0 Å². The maximum Gasteiger partial charge on any atom is 0.137 e. The van der Waals surface area contributed by atoms with Crippen molar-refractivity contribution in [1.82, 2.24) is 9.55 Å². The van der Waals surface area contributed by atoms with Crippen LogP contribution in [0, 0.1) is 0 Å². The Hall–Kier alpha value is -1.16. The highest BCUT2D eigenvalue weighted by molar-refractivity contribution is 5.57. The number of aryl methyl sites for hydroxylation is 1. The van der Waals surface area contributed by atoms with Gasteiger partial charge in [0.05, 0.1) is 12.4 Å². The second-order valence-electron chi connectivity index (χ2n) is 2.50. The molecule has 0 saturated carbocycles. The number of rotatable bonds is 3. The molecular formula is C7H11N3O. The van der Waals surface area contributed by atoms with Gasteiger partial charge in [0.25, 0.3) is 0 Å². The predicted octanol–water partition coefficient (Wildman–Crippen LogP) is -0.511. The topological polar surface area (TPSA) is 60.9 Å². The molecular weight excluding hydrogens is 142 g/mol. The monoisotopic (exact) mass is 153 g/mol. The summed E-state index contributed by atoms with van der Waals surface area (Å²) in [6.07, 6.45) is 4.70. The third kappa shape index (κ3) is 1.88. The summed E-state index contributed by atoms with van der Waals surface area (Å²) in [5, 5.41) is 0. The van der Waals surface area contributed by atoms with Gasteiger partial charge in [0.2, 0.25) is 0 Å². The molecule has 60 valence electrons. The van der Waals surface area contributed by atoms with Crippen molar-refractivity contribution in [2.24, 2.45) is 12.8 Å². The van der Waals surface area contributed by atoms with E-state index in [1.807, 2.05) is 11.6 Å². The molecule has 4 nitrogen and oxygen atoms in total. The first-order chi connectivity index (χ1) is 5.24. The van der Waals surface area contributed by atoms with Gasteiger partial charge in [-0.25, -0.2) is 4.98 Å². The largest absolute Gasteiger partial charge is 0.338 e. The van der Waals surface area contributed by atoms with Gasteiger partial charge < -0.3 is 15.1 Å². The first kappa shape index (κ1) is 7.94. The van der Waals surface area contributed by atoms with Crippen LogP contribution < -0.4 is 5.73 Å². The minimum absolute atomic E-state index is 0.412. The van der Waals surface area contributed by atoms with Crippen molar-refractivity contribution in [3.63, 3.8) is 0 Å². The van der Waals surface area contributed by atoms with Crippen LogP contribution in [0.1, 0.15) is 5.69 Å². The fourth-order valence-electron chi connectivity index (χ4n) is 0.871. The molecule has 0 saturated heterocycles. The van der Waals surface area contributed by atoms with E-state index in [-0.39, 0.29) is 0 Å². The number of imidazole rings is 1. The first-order valence-electron chi connectivity index (χ1n) is 3.40. The molecule has 0 aromatic carbocycles. The Morgan fingerprint density at radius 2 is 2.64 bits per heavy atom. The summed E-state index contributed by atoms with van der Waals surface area (Å²) in [4.78, 5) is 14.1. The maximum absolute atomic E-state index is 10.2. The zero-order valence-corrected chi connectivity index (χ0v) is 6.40. The van der Waals surface area contributed by atoms with Crippen molar-refractivity contribution in [3.05, 3.63) is 18.2 Å². The van der Waals surface area contributed by atoms with Gasteiger partial charge in [-0.1, -0.05) is 0 Å². The van der Waals surface area contributed by atoms with E-state index in [0.717, 1.165) is 12.0 Å². The third-order valence-corrected chi connectivity index (χ3v) is 1.54. The lowest BCUT2D eigenvalue weighted by atomic mass is 10.2. The van der Waals surface area contributed by atoms with Crippen molar-refractivity contribution in [1.29, 1.82) is 0 Å². The van der Waals surface area contributed by atoms with Gasteiger partial charge in [-0.05, 0) is 0 Å². The molecule has 0 aliphatic rings. The zero-order valence-electron chi connectivity index (χ0n) is 6.40. The smallest absolute Gasteiger partial charge is 0.137 e. The normalized spacial score (nSPS) is 12.9. The molecule has 0 radical (unpaired) electrons. The van der Waals surface area contributed by atoms with Crippen LogP contribution in [0.15, 0.2) is 12.5 Å². The van der Waals surface area contributed by atoms with Gasteiger partial charge >= 0.3 is 0 Å². The van der Waals surface area contributed by atoms with E-state index in [2.05, 4.69) is 4.98 Å². The average molecular weight is 153 g/mol. The summed E-state index contributed by atoms with van der Waals surface area (Å²) in [5.41, 5.74) is 6.40. The Morgan fingerprint density at radius 1 is 1.91 bits per heavy atom. The van der Waals surface area contributed by atoms with Crippen LogP contribution in [-0.4, -0.2) is 21.9 Å². The van der Waals surface area contributed by atoms with E-state index in [0.29, 0.717) is 6.42 Å². The average Bonchev–Trinajstić information content (AvgIpc) is 2.37. The van der Waals surface area contributed by atoms with Crippen LogP contribution in [0.3, 0.4) is 0 Å². The fraction of sp³-hybridized carbons (Fsp3) is 0.429. The Labute approximate surface area is 65.0 Å². The molecule has 0 unspecified atom stereocenters. The lowest BCUT2D eigenvalue weighted by Crippen LogP contribution is -2.25. The van der Waals surface area contributed by atoms with Crippen molar-refractivity contribution in [2.45, 2.75) is 12.5 Å². The molecule has 11 heavy (non-hydrogen) atoms. The molecule has 0 spiro atoms. The molecule has 0 aliphatic carbocycles. The lowest BCUT2D eigenvalue weighted by molar-refractivity contribution is -0.108. The number of hydrogen-bond acceptors (Lipinski definition) is 3. The summed E-state index contributed by atoms with van der Waals surface area (Å²) in [6.45, 7) is 0. The highest BCUT2D eigenvalue weighted by atomic mass is 16.1. The predicted molar refractivity (Wildman–Crippen MR) is 41.0 cm³/mol. The highest BCUT2D eigenvalue weighted by Crippen LogP contribution is 1.98. The first-order valence-corrected chi connectivity index (χ1v) is 3.40. The third-order valence-electron chi connectivity index (χ3n) is 1.54. The van der Waals surface area contributed by atoms with E-state index in [9.17, 15) is 4.79 Å². The molecule has 1 aromatic rings. The van der Waals surface area contributed by atoms with Gasteiger partial charge in [-0.2, -0.15) is 0 Å². The van der Waals surface area contributed by atoms with E-state index < -0.39 is 6.04 Å². The number of carbonyl (C=O) groups is 1. The maximum atomic E-state index is 10.2. The molecule has 0 fully saturated rings. The molecule has 0 amide bonds. The van der Waals surface area contributed by atoms with Gasteiger partial charge in [0, 0.05) is 25.4 Å². The number of hydrogen-bond donors (Lipinski definition) is 1. The summed E-state index contributed by atoms with van der Waals surface area (Å²) in [7, 11) is 1.87. The van der Waals surface area contributed by atoms with Crippen LogP contribution in [-0.2, 0) is 18.3 Å². The van der Waals surface area contributed by atoms with Gasteiger partial charge in [-0.3, -0.25) is 0 Å². The Kier molecular flexibility index (Phi) is 2.38. The molecule has 0 aliphatic heterocycles. The molecule has 1 heterocycles. The SMILES string of the molecule is Cn1cncc1C[C@H](N)C=O. The number of nitrogens with two attached hydrogens (primary N) is 1. The van der Waals surface area contributed by atoms with Crippen molar-refractivity contribution >= 4 is 6.29 Å². The van der Waals surface area contributed by atoms with Crippen molar-refractivity contribution in [2.75, 3.05) is 0 Å². The molecule has 0 bridgehead atoms. The second kappa shape index (κ2) is 3.30. The zero-order chi connectivity index (χ0) is 8.27. The summed E-state index contributed by atoms with van der Waals surface area (Å²) in [6, 6.07) is -0.412. The van der Waals surface area contributed by atoms with Gasteiger partial charge in [0.1, 0.15) is 6.29 Å². The number of aromatic nitrogens is 2. The highest BCUT2D eigenvalue weighted by Gasteiger charge is 2.04. The van der Waals surface area contributed by atoms with Crippen LogP contribution in [0.4, 0.5) is 0 Å². The molecule has 1 rings (SSSR count). The molecule has 1 atom stereocenters. The number of aldehydes is 1. The van der Waals surface area contributed by atoms with Gasteiger partial charge in [-0.15, -0.1) is 0 Å². The van der Waals surface area contributed by atoms with Crippen LogP contribution in [0.2, 0.25) is 0 Å². The standard InChI is InChI=1S/C7H11N3O/c1-10-5-9-3-7(10)2-6(8)4-11/h3-6H,2,8H2,1H3/t6-/m0/s1. The van der Waals surface area contributed by atoms with E-state index in [4.69, 9.17) is 5.73 Å². The van der Waals surface area contributed by atoms with Crippen molar-refractivity contribution < 1.29 is 4.79 Å². The minimum atomic E-state index is -0.412. The Bertz CT molecular complexity index is 244. The number of nitrogens with zero attached hydrogens (tertiary/aromatic N) is 2. The summed E-state index contributed by atoms with van der Waals surface area (Å²) < 4.78 is 1.85. The molecule has 1 aromatic heterocycles. The van der Waals surface area contributed by atoms with E-state index in [1.54, 1.807) is 12.5 Å². The summed E-state index contributed by atoms with van der Waals surface area (Å²) in [5.74, 6) is 0. The Balaban J connectivity index is 2.63. The minimum Gasteiger partial charge on any atom is -0.338 e. The lowest BCUT2D eigenvalue weighted by Gasteiger charge is -2.03. The van der Waals surface area contributed by atoms with Gasteiger partial charge in [0.15, 0.2) is 0 Å². The molecule has 2 N–H and O–H groups in total. The van der Waals surface area contributed by atoms with Crippen LogP contribution >= 0.6 is 0 Å². The quantitative estimate of drug-likeness (QED) is 0.595. The van der Waals surface area contributed by atoms with Crippen molar-refractivity contribution in [3.8, 4) is 0 Å². The Morgan fingerprint density at radius 3 is 3.09 bits per heavy atom. The van der Waals surface area contributed by atoms with E-state index in [1.165, 1.54) is 0 Å². The second-order valence-corrected chi connectivity index (χ2v) is 2.50. The van der Waals surface area contributed by atoms with Crippen LogP contribution in [0.5, 0.6) is 0 Å². The summed E-state index contributed by atoms with van der Waals surface area (Å²) >= 11 is 0. The van der Waals surface area contributed by atoms with Crippen LogP contribution in [0.25, 0.3) is 0 Å². The molecule has 4 heteroatoms. The number of carbonyl (C=O) groups excluding carboxylic acids is 1. The fourth-order valence-corrected chi connectivity index (χ4v) is 0.871.